The second kappa shape index (κ2) is 6.07. The summed E-state index contributed by atoms with van der Waals surface area (Å²) in [5, 5.41) is 6.03. The van der Waals surface area contributed by atoms with Crippen molar-refractivity contribution in [3.63, 3.8) is 0 Å². The number of hydrogen-bond acceptors (Lipinski definition) is 3. The molecule has 1 unspecified atom stereocenters. The Morgan fingerprint density at radius 2 is 2.20 bits per heavy atom. The van der Waals surface area contributed by atoms with Crippen LogP contribution in [-0.4, -0.2) is 29.6 Å². The Morgan fingerprint density at radius 1 is 1.45 bits per heavy atom. The van der Waals surface area contributed by atoms with Gasteiger partial charge in [-0.1, -0.05) is 26.7 Å². The molecule has 1 aromatic heterocycles. The molecule has 1 aliphatic heterocycles. The molecule has 3 rings (SSSR count). The Labute approximate surface area is 135 Å². The van der Waals surface area contributed by atoms with Gasteiger partial charge in [0.15, 0.2) is 0 Å². The first-order valence-electron chi connectivity index (χ1n) is 7.80. The standard InChI is InChI=1S/C16H25BrN2S/c1-12(2)15-9-19(8-14-7-13(17)10-20-14)16(11-18-15)5-3-4-6-16/h7,10,12,15,18H,3-6,8-9,11H2,1-2H3. The van der Waals surface area contributed by atoms with E-state index in [1.54, 1.807) is 0 Å². The van der Waals surface area contributed by atoms with E-state index in [1.807, 2.05) is 11.3 Å². The molecule has 2 nitrogen and oxygen atoms in total. The summed E-state index contributed by atoms with van der Waals surface area (Å²) in [6.45, 7) is 8.19. The van der Waals surface area contributed by atoms with E-state index in [4.69, 9.17) is 0 Å². The highest BCUT2D eigenvalue weighted by Gasteiger charge is 2.43. The van der Waals surface area contributed by atoms with Crippen LogP contribution in [0, 0.1) is 5.92 Å². The number of hydrogen-bond donors (Lipinski definition) is 1. The lowest BCUT2D eigenvalue weighted by molar-refractivity contribution is 0.0269. The zero-order valence-electron chi connectivity index (χ0n) is 12.5. The summed E-state index contributed by atoms with van der Waals surface area (Å²) in [7, 11) is 0. The zero-order valence-corrected chi connectivity index (χ0v) is 14.9. The molecule has 1 atom stereocenters. The molecule has 1 saturated heterocycles. The van der Waals surface area contributed by atoms with Gasteiger partial charge in [-0.3, -0.25) is 4.90 Å². The summed E-state index contributed by atoms with van der Waals surface area (Å²) >= 11 is 5.47. The SMILES string of the molecule is CC(C)C1CN(Cc2cc(Br)cs2)C2(CCCC2)CN1. The van der Waals surface area contributed by atoms with Crippen LogP contribution in [0.5, 0.6) is 0 Å². The Bertz CT molecular complexity index is 451. The third-order valence-corrected chi connectivity index (χ3v) is 6.77. The largest absolute Gasteiger partial charge is 0.311 e. The number of piperazine rings is 1. The van der Waals surface area contributed by atoms with Crippen LogP contribution in [0.2, 0.25) is 0 Å². The number of halogens is 1. The first-order valence-corrected chi connectivity index (χ1v) is 9.48. The van der Waals surface area contributed by atoms with Crippen molar-refractivity contribution in [2.75, 3.05) is 13.1 Å². The molecule has 0 bridgehead atoms. The molecular formula is C16H25BrN2S. The maximum absolute atomic E-state index is 3.82. The summed E-state index contributed by atoms with van der Waals surface area (Å²) < 4.78 is 1.23. The van der Waals surface area contributed by atoms with E-state index in [0.29, 0.717) is 17.5 Å². The average Bonchev–Trinajstić information content (AvgIpc) is 3.02. The first kappa shape index (κ1) is 15.0. The lowest BCUT2D eigenvalue weighted by Gasteiger charge is -2.49. The number of rotatable bonds is 3. The smallest absolute Gasteiger partial charge is 0.0338 e. The molecule has 2 aliphatic rings. The summed E-state index contributed by atoms with van der Waals surface area (Å²) in [4.78, 5) is 4.28. The summed E-state index contributed by atoms with van der Waals surface area (Å²) in [6.07, 6.45) is 5.55. The predicted molar refractivity (Wildman–Crippen MR) is 90.3 cm³/mol. The van der Waals surface area contributed by atoms with Gasteiger partial charge in [0.2, 0.25) is 0 Å². The topological polar surface area (TPSA) is 15.3 Å². The third-order valence-electron chi connectivity index (χ3n) is 5.09. The summed E-state index contributed by atoms with van der Waals surface area (Å²) in [6, 6.07) is 2.93. The van der Waals surface area contributed by atoms with Crippen molar-refractivity contribution >= 4 is 27.3 Å². The van der Waals surface area contributed by atoms with Crippen molar-refractivity contribution in [3.05, 3.63) is 20.8 Å². The maximum atomic E-state index is 3.82. The zero-order chi connectivity index (χ0) is 14.2. The molecule has 0 radical (unpaired) electrons. The van der Waals surface area contributed by atoms with Gasteiger partial charge in [0.1, 0.15) is 0 Å². The van der Waals surface area contributed by atoms with E-state index in [9.17, 15) is 0 Å². The molecule has 1 aliphatic carbocycles. The van der Waals surface area contributed by atoms with E-state index in [1.165, 1.54) is 48.1 Å². The maximum Gasteiger partial charge on any atom is 0.0338 e. The van der Waals surface area contributed by atoms with Crippen LogP contribution in [-0.2, 0) is 6.54 Å². The Morgan fingerprint density at radius 3 is 2.80 bits per heavy atom. The van der Waals surface area contributed by atoms with Crippen molar-refractivity contribution in [1.82, 2.24) is 10.2 Å². The number of nitrogens with zero attached hydrogens (tertiary/aromatic N) is 1. The molecular weight excluding hydrogens is 332 g/mol. The molecule has 1 aromatic rings. The molecule has 1 N–H and O–H groups in total. The van der Waals surface area contributed by atoms with Crippen LogP contribution in [0.3, 0.4) is 0 Å². The van der Waals surface area contributed by atoms with Gasteiger partial charge in [0, 0.05) is 45.9 Å². The van der Waals surface area contributed by atoms with E-state index in [0.717, 1.165) is 6.54 Å². The molecule has 2 heterocycles. The van der Waals surface area contributed by atoms with Crippen molar-refractivity contribution in [2.24, 2.45) is 5.92 Å². The second-order valence-corrected chi connectivity index (χ2v) is 8.69. The van der Waals surface area contributed by atoms with Crippen LogP contribution < -0.4 is 5.32 Å². The fraction of sp³-hybridized carbons (Fsp3) is 0.750. The van der Waals surface area contributed by atoms with Gasteiger partial charge in [0.05, 0.1) is 0 Å². The minimum Gasteiger partial charge on any atom is -0.311 e. The van der Waals surface area contributed by atoms with Crippen LogP contribution in [0.25, 0.3) is 0 Å². The van der Waals surface area contributed by atoms with E-state index >= 15 is 0 Å². The van der Waals surface area contributed by atoms with E-state index in [-0.39, 0.29) is 0 Å². The Hall–Kier alpha value is 0.1000. The predicted octanol–water partition coefficient (Wildman–Crippen LogP) is 4.25. The number of thiophene rings is 1. The normalized spacial score (nSPS) is 26.7. The fourth-order valence-electron chi connectivity index (χ4n) is 3.76. The minimum absolute atomic E-state index is 0.432. The van der Waals surface area contributed by atoms with Crippen molar-refractivity contribution < 1.29 is 0 Å². The highest BCUT2D eigenvalue weighted by Crippen LogP contribution is 2.39. The average molecular weight is 357 g/mol. The molecule has 0 amide bonds. The monoisotopic (exact) mass is 356 g/mol. The van der Waals surface area contributed by atoms with E-state index < -0.39 is 0 Å². The highest BCUT2D eigenvalue weighted by atomic mass is 79.9. The van der Waals surface area contributed by atoms with Gasteiger partial charge in [-0.25, -0.2) is 0 Å². The van der Waals surface area contributed by atoms with Crippen LogP contribution in [0.1, 0.15) is 44.4 Å². The van der Waals surface area contributed by atoms with Gasteiger partial charge >= 0.3 is 0 Å². The van der Waals surface area contributed by atoms with Gasteiger partial charge < -0.3 is 5.32 Å². The van der Waals surface area contributed by atoms with Crippen molar-refractivity contribution in [2.45, 2.75) is 57.7 Å². The molecule has 20 heavy (non-hydrogen) atoms. The molecule has 1 saturated carbocycles. The summed E-state index contributed by atoms with van der Waals surface area (Å²) in [5.74, 6) is 0.714. The lowest BCUT2D eigenvalue weighted by Crippen LogP contribution is -2.64. The molecule has 1 spiro atoms. The fourth-order valence-corrected chi connectivity index (χ4v) is 5.22. The highest BCUT2D eigenvalue weighted by molar-refractivity contribution is 9.10. The quantitative estimate of drug-likeness (QED) is 0.870. The Kier molecular flexibility index (Phi) is 4.56. The van der Waals surface area contributed by atoms with E-state index in [2.05, 4.69) is 51.4 Å². The molecule has 0 aromatic carbocycles. The molecule has 112 valence electrons. The van der Waals surface area contributed by atoms with Crippen molar-refractivity contribution in [3.8, 4) is 0 Å². The minimum atomic E-state index is 0.432. The molecule has 4 heteroatoms. The van der Waals surface area contributed by atoms with Gasteiger partial charge in [-0.2, -0.15) is 0 Å². The van der Waals surface area contributed by atoms with Crippen LogP contribution >= 0.6 is 27.3 Å². The van der Waals surface area contributed by atoms with Gasteiger partial charge in [-0.05, 0) is 40.8 Å². The van der Waals surface area contributed by atoms with Gasteiger partial charge in [0.25, 0.3) is 0 Å². The Balaban J connectivity index is 1.77. The van der Waals surface area contributed by atoms with Crippen molar-refractivity contribution in [1.29, 1.82) is 0 Å². The third kappa shape index (κ3) is 2.99. The lowest BCUT2D eigenvalue weighted by atomic mass is 9.88. The summed E-state index contributed by atoms with van der Waals surface area (Å²) in [5.41, 5.74) is 0.432. The first-order chi connectivity index (χ1) is 9.59. The van der Waals surface area contributed by atoms with Crippen LogP contribution in [0.15, 0.2) is 15.9 Å². The number of nitrogens with one attached hydrogen (secondary N) is 1. The second-order valence-electron chi connectivity index (χ2n) is 6.77. The molecule has 2 fully saturated rings. The van der Waals surface area contributed by atoms with Gasteiger partial charge in [-0.15, -0.1) is 11.3 Å². The van der Waals surface area contributed by atoms with Crippen LogP contribution in [0.4, 0.5) is 0 Å².